The average Bonchev–Trinajstić information content (AvgIpc) is 3.01. The molecule has 1 aromatic heterocycles. The Kier molecular flexibility index (Phi) is 5.96. The first kappa shape index (κ1) is 21.0. The zero-order valence-electron chi connectivity index (χ0n) is 15.4. The molecule has 28 heavy (non-hydrogen) atoms. The molecule has 0 radical (unpaired) electrons. The third-order valence-corrected chi connectivity index (χ3v) is 9.72. The van der Waals surface area contributed by atoms with Gasteiger partial charge in [0.1, 0.15) is 5.75 Å². The number of ether oxygens (including phenoxy) is 1. The van der Waals surface area contributed by atoms with Crippen LogP contribution in [0, 0.1) is 6.92 Å². The number of aryl methyl sites for hydroxylation is 1. The van der Waals surface area contributed by atoms with Gasteiger partial charge in [0.2, 0.25) is 10.0 Å². The first-order chi connectivity index (χ1) is 13.2. The molecule has 1 aliphatic rings. The topological polar surface area (TPSA) is 117 Å². The second-order valence-corrected chi connectivity index (χ2v) is 11.2. The SMILES string of the molecule is CCOc1ccc(S(=O)(=O)N2CCN(S(=O)(=O)c3sc(=O)[nH]c3C)CC2)cc1. The van der Waals surface area contributed by atoms with Gasteiger partial charge in [0.25, 0.3) is 10.0 Å². The maximum Gasteiger partial charge on any atom is 0.305 e. The summed E-state index contributed by atoms with van der Waals surface area (Å²) < 4.78 is 58.9. The Morgan fingerprint density at radius 3 is 2.00 bits per heavy atom. The molecule has 0 bridgehead atoms. The predicted molar refractivity (Wildman–Crippen MR) is 105 cm³/mol. The van der Waals surface area contributed by atoms with Crippen molar-refractivity contribution in [1.82, 2.24) is 13.6 Å². The summed E-state index contributed by atoms with van der Waals surface area (Å²) in [5.74, 6) is 0.582. The monoisotopic (exact) mass is 447 g/mol. The molecule has 0 unspecified atom stereocenters. The van der Waals surface area contributed by atoms with E-state index in [1.807, 2.05) is 6.92 Å². The van der Waals surface area contributed by atoms with Gasteiger partial charge in [-0.1, -0.05) is 11.3 Å². The van der Waals surface area contributed by atoms with Crippen LogP contribution in [-0.2, 0) is 20.0 Å². The predicted octanol–water partition coefficient (Wildman–Crippen LogP) is 0.839. The fraction of sp³-hybridized carbons (Fsp3) is 0.438. The van der Waals surface area contributed by atoms with Crippen LogP contribution >= 0.6 is 11.3 Å². The quantitative estimate of drug-likeness (QED) is 0.701. The number of nitrogens with one attached hydrogen (secondary N) is 1. The summed E-state index contributed by atoms with van der Waals surface area (Å²) in [6.07, 6.45) is 0. The van der Waals surface area contributed by atoms with E-state index < -0.39 is 24.9 Å². The summed E-state index contributed by atoms with van der Waals surface area (Å²) >= 11 is 0.639. The zero-order valence-corrected chi connectivity index (χ0v) is 17.9. The molecule has 2 heterocycles. The highest BCUT2D eigenvalue weighted by molar-refractivity contribution is 7.91. The number of hydrogen-bond acceptors (Lipinski definition) is 7. The van der Waals surface area contributed by atoms with Crippen LogP contribution in [0.25, 0.3) is 0 Å². The maximum atomic E-state index is 12.8. The van der Waals surface area contributed by atoms with E-state index in [4.69, 9.17) is 4.74 Å². The third-order valence-electron chi connectivity index (χ3n) is 4.33. The van der Waals surface area contributed by atoms with E-state index in [-0.39, 0.29) is 35.3 Å². The molecule has 0 spiro atoms. The summed E-state index contributed by atoms with van der Waals surface area (Å²) in [6.45, 7) is 3.95. The van der Waals surface area contributed by atoms with E-state index in [1.165, 1.54) is 27.7 Å². The lowest BCUT2D eigenvalue weighted by Crippen LogP contribution is -2.50. The van der Waals surface area contributed by atoms with Gasteiger partial charge in [-0.3, -0.25) is 4.79 Å². The van der Waals surface area contributed by atoms with Gasteiger partial charge in [0.15, 0.2) is 4.21 Å². The molecule has 2 aromatic rings. The number of aromatic nitrogens is 1. The van der Waals surface area contributed by atoms with Crippen LogP contribution in [0.2, 0.25) is 0 Å². The molecule has 1 aromatic carbocycles. The molecule has 12 heteroatoms. The number of H-pyrrole nitrogens is 1. The van der Waals surface area contributed by atoms with Gasteiger partial charge in [-0.15, -0.1) is 0 Å². The zero-order chi connectivity index (χ0) is 20.5. The van der Waals surface area contributed by atoms with Gasteiger partial charge in [-0.2, -0.15) is 8.61 Å². The number of benzene rings is 1. The Morgan fingerprint density at radius 2 is 1.54 bits per heavy atom. The average molecular weight is 448 g/mol. The van der Waals surface area contributed by atoms with E-state index in [0.29, 0.717) is 29.4 Å². The van der Waals surface area contributed by atoms with Gasteiger partial charge < -0.3 is 9.72 Å². The van der Waals surface area contributed by atoms with E-state index in [9.17, 15) is 21.6 Å². The molecular weight excluding hydrogens is 426 g/mol. The fourth-order valence-electron chi connectivity index (χ4n) is 2.93. The highest BCUT2D eigenvalue weighted by atomic mass is 32.2. The maximum absolute atomic E-state index is 12.8. The number of piperazine rings is 1. The lowest BCUT2D eigenvalue weighted by Gasteiger charge is -2.33. The molecule has 0 atom stereocenters. The van der Waals surface area contributed by atoms with Gasteiger partial charge >= 0.3 is 4.87 Å². The Morgan fingerprint density at radius 1 is 1.00 bits per heavy atom. The highest BCUT2D eigenvalue weighted by Gasteiger charge is 2.35. The van der Waals surface area contributed by atoms with Gasteiger partial charge in [-0.25, -0.2) is 16.8 Å². The van der Waals surface area contributed by atoms with Crippen molar-refractivity contribution in [2.75, 3.05) is 32.8 Å². The van der Waals surface area contributed by atoms with Gasteiger partial charge in [0, 0.05) is 31.9 Å². The molecule has 9 nitrogen and oxygen atoms in total. The number of sulfonamides is 2. The van der Waals surface area contributed by atoms with Crippen LogP contribution in [0.3, 0.4) is 0 Å². The molecule has 3 rings (SSSR count). The second kappa shape index (κ2) is 7.95. The summed E-state index contributed by atoms with van der Waals surface area (Å²) in [5.41, 5.74) is 0.291. The third kappa shape index (κ3) is 4.01. The summed E-state index contributed by atoms with van der Waals surface area (Å²) in [5, 5.41) is 0. The number of aromatic amines is 1. The number of nitrogens with zero attached hydrogens (tertiary/aromatic N) is 2. The van der Waals surface area contributed by atoms with Crippen LogP contribution < -0.4 is 9.61 Å². The van der Waals surface area contributed by atoms with E-state index in [1.54, 1.807) is 12.1 Å². The first-order valence-electron chi connectivity index (χ1n) is 8.59. The van der Waals surface area contributed by atoms with Crippen LogP contribution in [0.5, 0.6) is 5.75 Å². The van der Waals surface area contributed by atoms with Crippen molar-refractivity contribution in [2.45, 2.75) is 23.0 Å². The minimum Gasteiger partial charge on any atom is -0.494 e. The molecule has 1 N–H and O–H groups in total. The van der Waals surface area contributed by atoms with Crippen molar-refractivity contribution in [3.8, 4) is 5.75 Å². The lowest BCUT2D eigenvalue weighted by atomic mass is 10.3. The largest absolute Gasteiger partial charge is 0.494 e. The van der Waals surface area contributed by atoms with Crippen molar-refractivity contribution in [2.24, 2.45) is 0 Å². The Labute approximate surface area is 167 Å². The van der Waals surface area contributed by atoms with E-state index in [0.717, 1.165) is 0 Å². The number of rotatable bonds is 6. The number of hydrogen-bond donors (Lipinski definition) is 1. The normalized spacial score (nSPS) is 16.9. The molecule has 154 valence electrons. The van der Waals surface area contributed by atoms with Crippen molar-refractivity contribution in [1.29, 1.82) is 0 Å². The van der Waals surface area contributed by atoms with Crippen molar-refractivity contribution in [3.05, 3.63) is 39.6 Å². The minimum absolute atomic E-state index is 0.0180. The van der Waals surface area contributed by atoms with Gasteiger partial charge in [0.05, 0.1) is 11.5 Å². The van der Waals surface area contributed by atoms with Crippen LogP contribution in [0.15, 0.2) is 38.2 Å². The standard InChI is InChI=1S/C16H21N3O6S3/c1-3-25-13-4-6-14(7-5-13)27(21,22)18-8-10-19(11-9-18)28(23,24)15-12(2)17-16(20)26-15/h4-7H,3,8-11H2,1-2H3,(H,17,20). The first-order valence-corrected chi connectivity index (χ1v) is 12.3. The van der Waals surface area contributed by atoms with E-state index >= 15 is 0 Å². The molecular formula is C16H21N3O6S3. The molecule has 0 saturated carbocycles. The Balaban J connectivity index is 1.74. The van der Waals surface area contributed by atoms with Crippen LogP contribution in [0.4, 0.5) is 0 Å². The Hall–Kier alpha value is -1.73. The van der Waals surface area contributed by atoms with Crippen LogP contribution in [0.1, 0.15) is 12.6 Å². The molecule has 1 fully saturated rings. The minimum atomic E-state index is -3.83. The van der Waals surface area contributed by atoms with Crippen molar-refractivity contribution >= 4 is 31.4 Å². The van der Waals surface area contributed by atoms with Crippen molar-refractivity contribution in [3.63, 3.8) is 0 Å². The van der Waals surface area contributed by atoms with Crippen LogP contribution in [-0.4, -0.2) is 63.2 Å². The highest BCUT2D eigenvalue weighted by Crippen LogP contribution is 2.25. The molecule has 0 amide bonds. The molecule has 1 saturated heterocycles. The Bertz CT molecular complexity index is 1100. The number of thiazole rings is 1. The second-order valence-electron chi connectivity index (χ2n) is 6.14. The summed E-state index contributed by atoms with van der Waals surface area (Å²) in [6, 6.07) is 6.13. The lowest BCUT2D eigenvalue weighted by molar-refractivity contribution is 0.273. The summed E-state index contributed by atoms with van der Waals surface area (Å²) in [7, 11) is -7.56. The molecule has 1 aliphatic heterocycles. The fourth-order valence-corrected chi connectivity index (χ4v) is 7.21. The molecule has 0 aliphatic carbocycles. The van der Waals surface area contributed by atoms with E-state index in [2.05, 4.69) is 4.98 Å². The smallest absolute Gasteiger partial charge is 0.305 e. The van der Waals surface area contributed by atoms with Gasteiger partial charge in [-0.05, 0) is 38.1 Å². The summed E-state index contributed by atoms with van der Waals surface area (Å²) in [4.78, 5) is 13.6. The van der Waals surface area contributed by atoms with Crippen molar-refractivity contribution < 1.29 is 21.6 Å².